The summed E-state index contributed by atoms with van der Waals surface area (Å²) in [5, 5.41) is 3.97. The molecule has 1 aliphatic heterocycles. The van der Waals surface area contributed by atoms with E-state index < -0.39 is 0 Å². The molecule has 0 N–H and O–H groups in total. The van der Waals surface area contributed by atoms with E-state index >= 15 is 0 Å². The van der Waals surface area contributed by atoms with Crippen LogP contribution in [0.15, 0.2) is 35.8 Å². The molecule has 1 fully saturated rings. The molecule has 4 nitrogen and oxygen atoms in total. The molecule has 128 valence electrons. The first-order valence-electron chi connectivity index (χ1n) is 8.72. The SMILES string of the molecule is Cc1cc(C(=O)N2CCCC[C@@H]2c2nccs2)c2cccc(C)c2n1. The summed E-state index contributed by atoms with van der Waals surface area (Å²) in [6, 6.07) is 8.07. The lowest BCUT2D eigenvalue weighted by atomic mass is 9.99. The van der Waals surface area contributed by atoms with Gasteiger partial charge in [-0.3, -0.25) is 9.78 Å². The molecule has 1 aromatic carbocycles. The summed E-state index contributed by atoms with van der Waals surface area (Å²) >= 11 is 1.64. The summed E-state index contributed by atoms with van der Waals surface area (Å²) < 4.78 is 0. The first-order valence-corrected chi connectivity index (χ1v) is 9.60. The lowest BCUT2D eigenvalue weighted by molar-refractivity contribution is 0.0613. The van der Waals surface area contributed by atoms with Crippen molar-refractivity contribution in [3.8, 4) is 0 Å². The van der Waals surface area contributed by atoms with Gasteiger partial charge in [0.05, 0.1) is 17.1 Å². The monoisotopic (exact) mass is 351 g/mol. The van der Waals surface area contributed by atoms with Crippen LogP contribution in [0.1, 0.15) is 51.9 Å². The third-order valence-electron chi connectivity index (χ3n) is 4.90. The van der Waals surface area contributed by atoms with Gasteiger partial charge < -0.3 is 4.90 Å². The molecule has 5 heteroatoms. The summed E-state index contributed by atoms with van der Waals surface area (Å²) in [7, 11) is 0. The van der Waals surface area contributed by atoms with Gasteiger partial charge in [-0.1, -0.05) is 18.2 Å². The molecule has 3 aromatic rings. The van der Waals surface area contributed by atoms with Crippen molar-refractivity contribution in [1.29, 1.82) is 0 Å². The van der Waals surface area contributed by atoms with Crippen LogP contribution in [0, 0.1) is 13.8 Å². The molecular formula is C20H21N3OS. The number of para-hydroxylation sites is 1. The van der Waals surface area contributed by atoms with Crippen LogP contribution in [0.25, 0.3) is 10.9 Å². The van der Waals surface area contributed by atoms with E-state index in [1.807, 2.05) is 54.6 Å². The topological polar surface area (TPSA) is 46.1 Å². The predicted octanol–water partition coefficient (Wildman–Crippen LogP) is 4.68. The van der Waals surface area contributed by atoms with Crippen molar-refractivity contribution in [2.45, 2.75) is 39.2 Å². The van der Waals surface area contributed by atoms with Gasteiger partial charge in [-0.25, -0.2) is 4.98 Å². The standard InChI is InChI=1S/C20H21N3OS/c1-13-6-5-7-15-16(12-14(2)22-18(13)15)20(24)23-10-4-3-8-17(23)19-21-9-11-25-19/h5-7,9,11-12,17H,3-4,8,10H2,1-2H3/t17-/m1/s1. The molecule has 1 amide bonds. The molecular weight excluding hydrogens is 330 g/mol. The number of aromatic nitrogens is 2. The second-order valence-corrected chi connectivity index (χ2v) is 7.59. The molecule has 0 unspecified atom stereocenters. The number of rotatable bonds is 2. The maximum absolute atomic E-state index is 13.5. The number of piperidine rings is 1. The van der Waals surface area contributed by atoms with Crippen LogP contribution in [0.3, 0.4) is 0 Å². The number of benzene rings is 1. The fraction of sp³-hybridized carbons (Fsp3) is 0.350. The molecule has 25 heavy (non-hydrogen) atoms. The Morgan fingerprint density at radius 3 is 2.96 bits per heavy atom. The third-order valence-corrected chi connectivity index (χ3v) is 5.78. The number of carbonyl (C=O) groups is 1. The van der Waals surface area contributed by atoms with E-state index in [0.717, 1.165) is 58.5 Å². The zero-order valence-corrected chi connectivity index (χ0v) is 15.3. The smallest absolute Gasteiger partial charge is 0.255 e. The maximum atomic E-state index is 13.5. The van der Waals surface area contributed by atoms with Gasteiger partial charge in [0.25, 0.3) is 5.91 Å². The van der Waals surface area contributed by atoms with Gasteiger partial charge in [0.15, 0.2) is 0 Å². The van der Waals surface area contributed by atoms with Crippen LogP contribution < -0.4 is 0 Å². The normalized spacial score (nSPS) is 17.8. The Kier molecular flexibility index (Phi) is 4.25. The van der Waals surface area contributed by atoms with Gasteiger partial charge in [-0.2, -0.15) is 0 Å². The summed E-state index contributed by atoms with van der Waals surface area (Å²) in [5.74, 6) is 0.0981. The van der Waals surface area contributed by atoms with E-state index in [9.17, 15) is 4.79 Å². The number of thiazole rings is 1. The van der Waals surface area contributed by atoms with Crippen molar-refractivity contribution in [1.82, 2.24) is 14.9 Å². The van der Waals surface area contributed by atoms with Crippen LogP contribution in [-0.4, -0.2) is 27.3 Å². The largest absolute Gasteiger partial charge is 0.329 e. The van der Waals surface area contributed by atoms with Crippen LogP contribution in [0.4, 0.5) is 0 Å². The summed E-state index contributed by atoms with van der Waals surface area (Å²) in [6.45, 7) is 4.79. The lowest BCUT2D eigenvalue weighted by Gasteiger charge is -2.35. The Balaban J connectivity index is 1.80. The highest BCUT2D eigenvalue weighted by Gasteiger charge is 2.31. The fourth-order valence-electron chi connectivity index (χ4n) is 3.68. The average molecular weight is 351 g/mol. The van der Waals surface area contributed by atoms with E-state index in [1.54, 1.807) is 11.3 Å². The molecule has 0 aliphatic carbocycles. The first-order chi connectivity index (χ1) is 12.1. The van der Waals surface area contributed by atoms with E-state index in [4.69, 9.17) is 0 Å². The van der Waals surface area contributed by atoms with Gasteiger partial charge in [-0.15, -0.1) is 11.3 Å². The highest BCUT2D eigenvalue weighted by atomic mass is 32.1. The minimum atomic E-state index is 0.0922. The van der Waals surface area contributed by atoms with E-state index in [1.165, 1.54) is 0 Å². The number of likely N-dealkylation sites (tertiary alicyclic amines) is 1. The number of fused-ring (bicyclic) bond motifs is 1. The predicted molar refractivity (Wildman–Crippen MR) is 101 cm³/mol. The van der Waals surface area contributed by atoms with Crippen molar-refractivity contribution >= 4 is 28.1 Å². The Morgan fingerprint density at radius 2 is 2.16 bits per heavy atom. The number of carbonyl (C=O) groups excluding carboxylic acids is 1. The summed E-state index contributed by atoms with van der Waals surface area (Å²) in [5.41, 5.74) is 3.67. The van der Waals surface area contributed by atoms with Crippen molar-refractivity contribution < 1.29 is 4.79 Å². The minimum absolute atomic E-state index is 0.0922. The quantitative estimate of drug-likeness (QED) is 0.674. The van der Waals surface area contributed by atoms with Crippen LogP contribution in [0.2, 0.25) is 0 Å². The molecule has 0 radical (unpaired) electrons. The van der Waals surface area contributed by atoms with Crippen LogP contribution in [0.5, 0.6) is 0 Å². The second-order valence-electron chi connectivity index (χ2n) is 6.66. The molecule has 1 aliphatic rings. The molecule has 0 bridgehead atoms. The average Bonchev–Trinajstić information content (AvgIpc) is 3.16. The number of amides is 1. The minimum Gasteiger partial charge on any atom is -0.329 e. The molecule has 3 heterocycles. The van der Waals surface area contributed by atoms with Gasteiger partial charge in [-0.05, 0) is 44.7 Å². The summed E-state index contributed by atoms with van der Waals surface area (Å²) in [6.07, 6.45) is 5.00. The van der Waals surface area contributed by atoms with Gasteiger partial charge >= 0.3 is 0 Å². The zero-order valence-electron chi connectivity index (χ0n) is 14.5. The Labute approximate surface area is 151 Å². The fourth-order valence-corrected chi connectivity index (χ4v) is 4.47. The van der Waals surface area contributed by atoms with Gasteiger partial charge in [0.1, 0.15) is 5.01 Å². The second kappa shape index (κ2) is 6.56. The van der Waals surface area contributed by atoms with Crippen LogP contribution >= 0.6 is 11.3 Å². The third kappa shape index (κ3) is 2.93. The number of hydrogen-bond acceptors (Lipinski definition) is 4. The summed E-state index contributed by atoms with van der Waals surface area (Å²) in [4.78, 5) is 24.6. The Morgan fingerprint density at radius 1 is 1.28 bits per heavy atom. The van der Waals surface area contributed by atoms with Crippen molar-refractivity contribution in [2.75, 3.05) is 6.54 Å². The number of hydrogen-bond donors (Lipinski definition) is 0. The highest BCUT2D eigenvalue weighted by molar-refractivity contribution is 7.09. The molecule has 1 saturated heterocycles. The van der Waals surface area contributed by atoms with E-state index in [2.05, 4.69) is 9.97 Å². The van der Waals surface area contributed by atoms with Crippen molar-refractivity contribution in [3.63, 3.8) is 0 Å². The number of pyridine rings is 1. The first kappa shape index (κ1) is 16.2. The molecule has 2 aromatic heterocycles. The Hall–Kier alpha value is -2.27. The number of nitrogens with zero attached hydrogens (tertiary/aromatic N) is 3. The lowest BCUT2D eigenvalue weighted by Crippen LogP contribution is -2.38. The maximum Gasteiger partial charge on any atom is 0.255 e. The van der Waals surface area contributed by atoms with Crippen LogP contribution in [-0.2, 0) is 0 Å². The van der Waals surface area contributed by atoms with Gasteiger partial charge in [0, 0.05) is 29.2 Å². The van der Waals surface area contributed by atoms with E-state index in [0.29, 0.717) is 0 Å². The van der Waals surface area contributed by atoms with Crippen molar-refractivity contribution in [2.24, 2.45) is 0 Å². The Bertz CT molecular complexity index is 920. The van der Waals surface area contributed by atoms with Gasteiger partial charge in [0.2, 0.25) is 0 Å². The molecule has 1 atom stereocenters. The van der Waals surface area contributed by atoms with Crippen molar-refractivity contribution in [3.05, 3.63) is 57.7 Å². The molecule has 0 saturated carbocycles. The number of aryl methyl sites for hydroxylation is 2. The highest BCUT2D eigenvalue weighted by Crippen LogP contribution is 2.34. The molecule has 4 rings (SSSR count). The molecule has 0 spiro atoms. The zero-order chi connectivity index (χ0) is 17.4. The van der Waals surface area contributed by atoms with E-state index in [-0.39, 0.29) is 11.9 Å².